The minimum atomic E-state index is -3.81. The highest BCUT2D eigenvalue weighted by Crippen LogP contribution is 2.33. The van der Waals surface area contributed by atoms with E-state index in [-0.39, 0.29) is 31.1 Å². The van der Waals surface area contributed by atoms with Crippen LogP contribution in [0, 0.1) is 34.6 Å². The molecular weight excluding hydrogens is 464 g/mol. The summed E-state index contributed by atoms with van der Waals surface area (Å²) in [6.45, 7) is 9.83. The van der Waals surface area contributed by atoms with Crippen molar-refractivity contribution in [1.82, 2.24) is 8.61 Å². The molecule has 0 radical (unpaired) electrons. The second-order valence-electron chi connectivity index (χ2n) is 8.28. The molecule has 1 saturated heterocycles. The molecule has 0 bridgehead atoms. The Morgan fingerprint density at radius 1 is 0.636 bits per heavy atom. The zero-order valence-corrected chi connectivity index (χ0v) is 21.9. The molecule has 0 aromatic heterocycles. The lowest BCUT2D eigenvalue weighted by molar-refractivity contribution is 0.272. The molecule has 2 aromatic rings. The number of hydrogen-bond donors (Lipinski definition) is 0. The van der Waals surface area contributed by atoms with E-state index in [1.54, 1.807) is 6.07 Å². The predicted molar refractivity (Wildman–Crippen MR) is 127 cm³/mol. The number of sulfonamides is 2. The number of nitrogens with zero attached hydrogens (tertiary/aromatic N) is 2. The van der Waals surface area contributed by atoms with Crippen LogP contribution in [-0.2, 0) is 20.0 Å². The Balaban J connectivity index is 1.87. The first-order valence-corrected chi connectivity index (χ1v) is 13.5. The van der Waals surface area contributed by atoms with Gasteiger partial charge in [0.15, 0.2) is 11.5 Å². The summed E-state index contributed by atoms with van der Waals surface area (Å²) in [4.78, 5) is 0.409. The van der Waals surface area contributed by atoms with Gasteiger partial charge in [-0.2, -0.15) is 8.61 Å². The first-order chi connectivity index (χ1) is 15.4. The minimum absolute atomic E-state index is 0.0673. The van der Waals surface area contributed by atoms with Gasteiger partial charge in [-0.05, 0) is 74.6 Å². The van der Waals surface area contributed by atoms with Crippen molar-refractivity contribution in [2.24, 2.45) is 0 Å². The van der Waals surface area contributed by atoms with E-state index in [0.29, 0.717) is 16.4 Å². The summed E-state index contributed by atoms with van der Waals surface area (Å²) in [6.07, 6.45) is 0. The molecule has 0 atom stereocenters. The third kappa shape index (κ3) is 4.37. The zero-order valence-electron chi connectivity index (χ0n) is 20.2. The lowest BCUT2D eigenvalue weighted by atomic mass is 9.95. The fraction of sp³-hybridized carbons (Fsp3) is 0.478. The van der Waals surface area contributed by atoms with Gasteiger partial charge in [0.1, 0.15) is 0 Å². The van der Waals surface area contributed by atoms with E-state index in [0.717, 1.165) is 27.8 Å². The second-order valence-corrected chi connectivity index (χ2v) is 12.1. The zero-order chi connectivity index (χ0) is 24.7. The molecule has 1 aliphatic rings. The predicted octanol–water partition coefficient (Wildman–Crippen LogP) is 2.94. The third-order valence-electron chi connectivity index (χ3n) is 6.72. The Bertz CT molecular complexity index is 1250. The van der Waals surface area contributed by atoms with Gasteiger partial charge < -0.3 is 9.47 Å². The summed E-state index contributed by atoms with van der Waals surface area (Å²) < 4.78 is 66.6. The molecule has 3 rings (SSSR count). The molecule has 0 unspecified atom stereocenters. The molecule has 2 aromatic carbocycles. The normalized spacial score (nSPS) is 16.1. The summed E-state index contributed by atoms with van der Waals surface area (Å²) >= 11 is 0. The molecule has 1 heterocycles. The van der Waals surface area contributed by atoms with E-state index in [1.165, 1.54) is 35.0 Å². The van der Waals surface area contributed by atoms with Gasteiger partial charge in [-0.3, -0.25) is 0 Å². The number of hydrogen-bond acceptors (Lipinski definition) is 6. The van der Waals surface area contributed by atoms with E-state index >= 15 is 0 Å². The maximum atomic E-state index is 13.6. The number of rotatable bonds is 6. The number of benzene rings is 2. The molecule has 0 N–H and O–H groups in total. The topological polar surface area (TPSA) is 93.2 Å². The van der Waals surface area contributed by atoms with Crippen LogP contribution < -0.4 is 9.47 Å². The fourth-order valence-corrected chi connectivity index (χ4v) is 7.68. The van der Waals surface area contributed by atoms with E-state index in [2.05, 4.69) is 0 Å². The Morgan fingerprint density at radius 2 is 1.06 bits per heavy atom. The Hall–Kier alpha value is -2.14. The monoisotopic (exact) mass is 496 g/mol. The highest BCUT2D eigenvalue weighted by molar-refractivity contribution is 7.89. The molecular formula is C23H32N2O6S2. The number of piperazine rings is 1. The molecule has 33 heavy (non-hydrogen) atoms. The summed E-state index contributed by atoms with van der Waals surface area (Å²) in [5.74, 6) is 0.748. The quantitative estimate of drug-likeness (QED) is 0.611. The van der Waals surface area contributed by atoms with Gasteiger partial charge in [-0.1, -0.05) is 0 Å². The van der Waals surface area contributed by atoms with Gasteiger partial charge in [0.05, 0.1) is 24.0 Å². The van der Waals surface area contributed by atoms with Gasteiger partial charge in [0.2, 0.25) is 20.0 Å². The van der Waals surface area contributed by atoms with Crippen LogP contribution >= 0.6 is 0 Å². The van der Waals surface area contributed by atoms with Crippen molar-refractivity contribution < 1.29 is 26.3 Å². The Labute approximate surface area is 197 Å². The highest BCUT2D eigenvalue weighted by Gasteiger charge is 2.36. The first kappa shape index (κ1) is 25.5. The number of ether oxygens (including phenoxy) is 2. The van der Waals surface area contributed by atoms with Crippen LogP contribution in [0.25, 0.3) is 0 Å². The summed E-state index contributed by atoms with van der Waals surface area (Å²) in [7, 11) is -4.66. The van der Waals surface area contributed by atoms with Crippen LogP contribution in [0.5, 0.6) is 11.5 Å². The molecule has 1 fully saturated rings. The van der Waals surface area contributed by atoms with Crippen LogP contribution in [0.3, 0.4) is 0 Å². The largest absolute Gasteiger partial charge is 0.493 e. The average molecular weight is 497 g/mol. The van der Waals surface area contributed by atoms with Gasteiger partial charge >= 0.3 is 0 Å². The highest BCUT2D eigenvalue weighted by atomic mass is 32.2. The van der Waals surface area contributed by atoms with Gasteiger partial charge in [0, 0.05) is 32.2 Å². The van der Waals surface area contributed by atoms with E-state index < -0.39 is 20.0 Å². The van der Waals surface area contributed by atoms with Crippen molar-refractivity contribution in [3.63, 3.8) is 0 Å². The van der Waals surface area contributed by atoms with E-state index in [9.17, 15) is 16.8 Å². The lowest BCUT2D eigenvalue weighted by Gasteiger charge is -2.34. The second kappa shape index (κ2) is 9.25. The summed E-state index contributed by atoms with van der Waals surface area (Å²) in [5.41, 5.74) is 4.51. The van der Waals surface area contributed by atoms with Crippen LogP contribution in [0.2, 0.25) is 0 Å². The van der Waals surface area contributed by atoms with E-state index in [4.69, 9.17) is 9.47 Å². The molecule has 8 nitrogen and oxygen atoms in total. The Kier molecular flexibility index (Phi) is 7.14. The summed E-state index contributed by atoms with van der Waals surface area (Å²) in [6, 6.07) is 4.42. The van der Waals surface area contributed by atoms with Crippen LogP contribution in [0.4, 0.5) is 0 Å². The lowest BCUT2D eigenvalue weighted by Crippen LogP contribution is -2.50. The van der Waals surface area contributed by atoms with Crippen LogP contribution in [-0.4, -0.2) is 65.8 Å². The fourth-order valence-electron chi connectivity index (χ4n) is 4.26. The van der Waals surface area contributed by atoms with Crippen molar-refractivity contribution >= 4 is 20.0 Å². The molecule has 0 saturated carbocycles. The third-order valence-corrected chi connectivity index (χ3v) is 10.8. The smallest absolute Gasteiger partial charge is 0.243 e. The molecule has 182 valence electrons. The Morgan fingerprint density at radius 3 is 1.52 bits per heavy atom. The van der Waals surface area contributed by atoms with Crippen LogP contribution in [0.15, 0.2) is 28.0 Å². The average Bonchev–Trinajstić information content (AvgIpc) is 2.80. The first-order valence-electron chi connectivity index (χ1n) is 10.7. The molecule has 0 amide bonds. The molecule has 1 aliphatic heterocycles. The van der Waals surface area contributed by atoms with Crippen LogP contribution in [0.1, 0.15) is 27.8 Å². The maximum absolute atomic E-state index is 13.6. The van der Waals surface area contributed by atoms with Crippen molar-refractivity contribution in [1.29, 1.82) is 0 Å². The van der Waals surface area contributed by atoms with Crippen molar-refractivity contribution in [2.75, 3.05) is 40.4 Å². The SMILES string of the molecule is COc1ccc(S(=O)(=O)N2CCN(S(=O)(=O)c3c(C)c(C)c(C)c(C)c3C)CC2)cc1OC. The standard InChI is InChI=1S/C23H32N2O6S2/c1-15-16(2)18(4)23(19(5)17(15)3)33(28,29)25-12-10-24(11-13-25)32(26,27)20-8-9-21(30-6)22(14-20)31-7/h8-9,14H,10-13H2,1-7H3. The maximum Gasteiger partial charge on any atom is 0.243 e. The van der Waals surface area contributed by atoms with Crippen molar-refractivity contribution in [3.8, 4) is 11.5 Å². The minimum Gasteiger partial charge on any atom is -0.493 e. The van der Waals surface area contributed by atoms with Gasteiger partial charge in [-0.15, -0.1) is 0 Å². The van der Waals surface area contributed by atoms with Gasteiger partial charge in [0.25, 0.3) is 0 Å². The molecule has 10 heteroatoms. The van der Waals surface area contributed by atoms with Gasteiger partial charge in [-0.25, -0.2) is 16.8 Å². The molecule has 0 spiro atoms. The van der Waals surface area contributed by atoms with E-state index in [1.807, 2.05) is 34.6 Å². The van der Waals surface area contributed by atoms with Crippen molar-refractivity contribution in [2.45, 2.75) is 44.4 Å². The summed E-state index contributed by atoms with van der Waals surface area (Å²) in [5, 5.41) is 0. The van der Waals surface area contributed by atoms with Crippen molar-refractivity contribution in [3.05, 3.63) is 46.0 Å². The molecule has 0 aliphatic carbocycles. The number of methoxy groups -OCH3 is 2.